The van der Waals surface area contributed by atoms with Gasteiger partial charge < -0.3 is 4.42 Å². The average molecular weight is 295 g/mol. The maximum absolute atomic E-state index is 11.8. The minimum atomic E-state index is -0.445. The molecular weight excluding hydrogens is 287 g/mol. The van der Waals surface area contributed by atoms with E-state index >= 15 is 0 Å². The molecular formula is C13H8Cl2N2O2. The Hall–Kier alpha value is -1.78. The zero-order valence-corrected chi connectivity index (χ0v) is 11.1. The summed E-state index contributed by atoms with van der Waals surface area (Å²) in [7, 11) is 0. The van der Waals surface area contributed by atoms with E-state index in [1.165, 1.54) is 4.57 Å². The van der Waals surface area contributed by atoms with Crippen LogP contribution in [0.1, 0.15) is 5.69 Å². The molecule has 96 valence electrons. The minimum absolute atomic E-state index is 0.218. The monoisotopic (exact) mass is 294 g/mol. The number of nitrogens with zero attached hydrogens (tertiary/aromatic N) is 2. The van der Waals surface area contributed by atoms with Gasteiger partial charge in [0.15, 0.2) is 5.58 Å². The number of pyridine rings is 1. The van der Waals surface area contributed by atoms with Crippen molar-refractivity contribution in [3.63, 3.8) is 0 Å². The Morgan fingerprint density at radius 2 is 1.95 bits per heavy atom. The van der Waals surface area contributed by atoms with Crippen LogP contribution < -0.4 is 5.76 Å². The number of rotatable bonds is 2. The lowest BCUT2D eigenvalue weighted by atomic mass is 10.3. The summed E-state index contributed by atoms with van der Waals surface area (Å²) in [6.45, 7) is 0.218. The number of hydrogen-bond acceptors (Lipinski definition) is 3. The number of para-hydroxylation sites is 2. The Bertz CT molecular complexity index is 808. The average Bonchev–Trinajstić information content (AvgIpc) is 2.71. The molecule has 0 saturated carbocycles. The van der Waals surface area contributed by atoms with Gasteiger partial charge in [-0.1, -0.05) is 35.3 Å². The molecule has 0 radical (unpaired) electrons. The quantitative estimate of drug-likeness (QED) is 0.681. The van der Waals surface area contributed by atoms with Crippen molar-refractivity contribution in [3.05, 3.63) is 62.8 Å². The van der Waals surface area contributed by atoms with Crippen LogP contribution >= 0.6 is 23.2 Å². The molecule has 6 heteroatoms. The van der Waals surface area contributed by atoms with Gasteiger partial charge in [-0.15, -0.1) is 0 Å². The molecule has 3 rings (SSSR count). The normalized spacial score (nSPS) is 11.1. The van der Waals surface area contributed by atoms with Crippen molar-refractivity contribution in [3.8, 4) is 0 Å². The largest absolute Gasteiger partial charge is 0.420 e. The van der Waals surface area contributed by atoms with Gasteiger partial charge in [-0.3, -0.25) is 4.57 Å². The predicted octanol–water partition coefficient (Wildman–Crippen LogP) is 3.34. The van der Waals surface area contributed by atoms with Gasteiger partial charge in [0.25, 0.3) is 0 Å². The van der Waals surface area contributed by atoms with Gasteiger partial charge in [0, 0.05) is 0 Å². The van der Waals surface area contributed by atoms with E-state index in [-0.39, 0.29) is 6.54 Å². The summed E-state index contributed by atoms with van der Waals surface area (Å²) in [5.74, 6) is -0.445. The van der Waals surface area contributed by atoms with E-state index in [4.69, 9.17) is 27.6 Å². The molecule has 0 fully saturated rings. The van der Waals surface area contributed by atoms with E-state index in [2.05, 4.69) is 4.98 Å². The smallest absolute Gasteiger partial charge is 0.408 e. The highest BCUT2D eigenvalue weighted by atomic mass is 35.5. The molecule has 0 atom stereocenters. The number of oxazole rings is 1. The zero-order chi connectivity index (χ0) is 13.4. The van der Waals surface area contributed by atoms with Crippen LogP contribution in [0.15, 0.2) is 45.6 Å². The topological polar surface area (TPSA) is 48.0 Å². The van der Waals surface area contributed by atoms with Gasteiger partial charge in [0.05, 0.1) is 22.8 Å². The molecule has 19 heavy (non-hydrogen) atoms. The van der Waals surface area contributed by atoms with Crippen molar-refractivity contribution in [2.45, 2.75) is 6.54 Å². The molecule has 1 aromatic carbocycles. The van der Waals surface area contributed by atoms with Crippen LogP contribution in [-0.2, 0) is 6.54 Å². The van der Waals surface area contributed by atoms with Crippen molar-refractivity contribution in [1.82, 2.24) is 9.55 Å². The van der Waals surface area contributed by atoms with Crippen molar-refractivity contribution >= 4 is 34.3 Å². The first-order chi connectivity index (χ1) is 9.15. The van der Waals surface area contributed by atoms with E-state index < -0.39 is 5.76 Å². The van der Waals surface area contributed by atoms with E-state index in [0.717, 1.165) is 0 Å². The van der Waals surface area contributed by atoms with Crippen molar-refractivity contribution in [2.24, 2.45) is 0 Å². The molecule has 0 aliphatic rings. The SMILES string of the molecule is O=c1oc2ccccc2n1Cc1nc(Cl)ccc1Cl. The van der Waals surface area contributed by atoms with Gasteiger partial charge >= 0.3 is 5.76 Å². The van der Waals surface area contributed by atoms with Crippen LogP contribution in [-0.4, -0.2) is 9.55 Å². The second-order valence-electron chi connectivity index (χ2n) is 3.98. The molecule has 0 N–H and O–H groups in total. The summed E-state index contributed by atoms with van der Waals surface area (Å²) in [6, 6.07) is 10.4. The van der Waals surface area contributed by atoms with Crippen LogP contribution in [0, 0.1) is 0 Å². The van der Waals surface area contributed by atoms with Crippen LogP contribution in [0.2, 0.25) is 10.2 Å². The summed E-state index contributed by atoms with van der Waals surface area (Å²) in [5, 5.41) is 0.793. The highest BCUT2D eigenvalue weighted by Crippen LogP contribution is 2.19. The van der Waals surface area contributed by atoms with E-state index in [9.17, 15) is 4.79 Å². The lowest BCUT2D eigenvalue weighted by molar-refractivity contribution is 0.516. The highest BCUT2D eigenvalue weighted by Gasteiger charge is 2.11. The van der Waals surface area contributed by atoms with Gasteiger partial charge in [-0.05, 0) is 24.3 Å². The molecule has 0 aliphatic carbocycles. The summed E-state index contributed by atoms with van der Waals surface area (Å²) in [5.41, 5.74) is 1.76. The Balaban J connectivity index is 2.13. The molecule has 0 bridgehead atoms. The Kier molecular flexibility index (Phi) is 3.05. The fraction of sp³-hybridized carbons (Fsp3) is 0.0769. The van der Waals surface area contributed by atoms with Gasteiger partial charge in [-0.2, -0.15) is 0 Å². The predicted molar refractivity (Wildman–Crippen MR) is 73.8 cm³/mol. The fourth-order valence-corrected chi connectivity index (χ4v) is 2.21. The van der Waals surface area contributed by atoms with E-state index in [0.29, 0.717) is 27.0 Å². The second-order valence-corrected chi connectivity index (χ2v) is 4.78. The van der Waals surface area contributed by atoms with Crippen LogP contribution in [0.3, 0.4) is 0 Å². The molecule has 0 spiro atoms. The molecule has 4 nitrogen and oxygen atoms in total. The first kappa shape index (κ1) is 12.3. The molecule has 0 saturated heterocycles. The molecule has 0 amide bonds. The second kappa shape index (κ2) is 4.72. The number of fused-ring (bicyclic) bond motifs is 1. The number of halogens is 2. The Labute approximate surface area is 118 Å². The third kappa shape index (κ3) is 2.25. The van der Waals surface area contributed by atoms with Crippen molar-refractivity contribution in [1.29, 1.82) is 0 Å². The summed E-state index contributed by atoms with van der Waals surface area (Å²) in [4.78, 5) is 16.0. The third-order valence-corrected chi connectivity index (χ3v) is 3.32. The number of hydrogen-bond donors (Lipinski definition) is 0. The standard InChI is InChI=1S/C13H8Cl2N2O2/c14-8-5-6-12(15)16-9(8)7-17-10-3-1-2-4-11(10)19-13(17)18/h1-6H,7H2. The number of benzene rings is 1. The van der Waals surface area contributed by atoms with E-state index in [1.54, 1.807) is 30.3 Å². The van der Waals surface area contributed by atoms with Crippen LogP contribution in [0.5, 0.6) is 0 Å². The van der Waals surface area contributed by atoms with Crippen LogP contribution in [0.4, 0.5) is 0 Å². The summed E-state index contributed by atoms with van der Waals surface area (Å²) >= 11 is 11.9. The maximum Gasteiger partial charge on any atom is 0.420 e. The van der Waals surface area contributed by atoms with Gasteiger partial charge in [0.2, 0.25) is 0 Å². The first-order valence-corrected chi connectivity index (χ1v) is 6.30. The molecule has 2 aromatic heterocycles. The van der Waals surface area contributed by atoms with Crippen molar-refractivity contribution in [2.75, 3.05) is 0 Å². The Morgan fingerprint density at radius 1 is 1.16 bits per heavy atom. The maximum atomic E-state index is 11.8. The van der Waals surface area contributed by atoms with Gasteiger partial charge in [0.1, 0.15) is 5.15 Å². The molecule has 0 unspecified atom stereocenters. The molecule has 2 heterocycles. The Morgan fingerprint density at radius 3 is 2.79 bits per heavy atom. The molecule has 3 aromatic rings. The summed E-state index contributed by atoms with van der Waals surface area (Å²) < 4.78 is 6.62. The van der Waals surface area contributed by atoms with E-state index in [1.807, 2.05) is 6.07 Å². The lowest BCUT2D eigenvalue weighted by Crippen LogP contribution is -2.15. The molecule has 0 aliphatic heterocycles. The summed E-state index contributed by atoms with van der Waals surface area (Å²) in [6.07, 6.45) is 0. The third-order valence-electron chi connectivity index (χ3n) is 2.77. The van der Waals surface area contributed by atoms with Gasteiger partial charge in [-0.25, -0.2) is 9.78 Å². The zero-order valence-electron chi connectivity index (χ0n) is 9.64. The van der Waals surface area contributed by atoms with Crippen LogP contribution in [0.25, 0.3) is 11.1 Å². The lowest BCUT2D eigenvalue weighted by Gasteiger charge is -2.04. The fourth-order valence-electron chi connectivity index (χ4n) is 1.88. The highest BCUT2D eigenvalue weighted by molar-refractivity contribution is 6.32. The van der Waals surface area contributed by atoms with Crippen molar-refractivity contribution < 1.29 is 4.42 Å². The first-order valence-electron chi connectivity index (χ1n) is 5.54. The number of aromatic nitrogens is 2. The minimum Gasteiger partial charge on any atom is -0.408 e.